The fourth-order valence-electron chi connectivity index (χ4n) is 3.83. The lowest BCUT2D eigenvalue weighted by Crippen LogP contribution is -2.32. The van der Waals surface area contributed by atoms with Gasteiger partial charge in [-0.05, 0) is 90.9 Å². The number of hydrogen-bond donors (Lipinski definition) is 2. The van der Waals surface area contributed by atoms with Gasteiger partial charge in [0.1, 0.15) is 17.0 Å². The van der Waals surface area contributed by atoms with Gasteiger partial charge in [-0.2, -0.15) is 0 Å². The van der Waals surface area contributed by atoms with Crippen LogP contribution in [0, 0.1) is 0 Å². The Kier molecular flexibility index (Phi) is 8.04. The van der Waals surface area contributed by atoms with Gasteiger partial charge in [-0.1, -0.05) is 47.8 Å². The first-order chi connectivity index (χ1) is 18.8. The van der Waals surface area contributed by atoms with Crippen LogP contribution in [0.4, 0.5) is 5.69 Å². The minimum atomic E-state index is -0.450. The minimum Gasteiger partial charge on any atom is -0.457 e. The molecule has 2 heterocycles. The van der Waals surface area contributed by atoms with Crippen molar-refractivity contribution >= 4 is 80.9 Å². The molecule has 0 saturated heterocycles. The molecule has 0 aliphatic carbocycles. The van der Waals surface area contributed by atoms with Crippen molar-refractivity contribution in [1.82, 2.24) is 10.3 Å². The number of rotatable bonds is 6. The van der Waals surface area contributed by atoms with Crippen molar-refractivity contribution in [2.75, 3.05) is 5.32 Å². The number of nitrogens with one attached hydrogen (secondary N) is 2. The summed E-state index contributed by atoms with van der Waals surface area (Å²) >= 11 is 23.8. The van der Waals surface area contributed by atoms with Gasteiger partial charge in [0.25, 0.3) is 0 Å². The molecule has 3 aromatic carbocycles. The largest absolute Gasteiger partial charge is 0.457 e. The number of halogens is 3. The molecule has 5 aromatic rings. The average molecular weight is 597 g/mol. The second-order valence-electron chi connectivity index (χ2n) is 8.51. The van der Waals surface area contributed by atoms with E-state index in [1.165, 1.54) is 17.7 Å². The Balaban J connectivity index is 1.24. The van der Waals surface area contributed by atoms with Gasteiger partial charge in [0.05, 0.1) is 10.7 Å². The molecule has 0 atom stereocenters. The number of aryl methyl sites for hydroxylation is 1. The number of carbonyl (C=O) groups is 1. The monoisotopic (exact) mass is 595 g/mol. The number of anilines is 1. The first-order valence-electron chi connectivity index (χ1n) is 11.8. The first-order valence-corrected chi connectivity index (χ1v) is 13.4. The van der Waals surface area contributed by atoms with Gasteiger partial charge < -0.3 is 14.2 Å². The lowest BCUT2D eigenvalue weighted by Gasteiger charge is -2.10. The van der Waals surface area contributed by atoms with Gasteiger partial charge in [0.15, 0.2) is 10.7 Å². The summed E-state index contributed by atoms with van der Waals surface area (Å²) in [6.07, 6.45) is 3.74. The van der Waals surface area contributed by atoms with Crippen LogP contribution in [0.15, 0.2) is 81.6 Å². The van der Waals surface area contributed by atoms with E-state index in [1.807, 2.05) is 18.2 Å². The fraction of sp³-hybridized carbons (Fsp3) is 0.0690. The van der Waals surface area contributed by atoms with E-state index in [-0.39, 0.29) is 5.11 Å². The maximum absolute atomic E-state index is 12.4. The summed E-state index contributed by atoms with van der Waals surface area (Å²) in [5.41, 5.74) is 4.58. The summed E-state index contributed by atoms with van der Waals surface area (Å²) < 4.78 is 11.7. The van der Waals surface area contributed by atoms with E-state index < -0.39 is 5.91 Å². The zero-order valence-corrected chi connectivity index (χ0v) is 23.5. The standard InChI is InChI=1S/C29H20Cl3N3O3S/c1-2-16-3-8-26-24(11-16)33-28(38-26)17-4-7-22(32)23(14-17)34-29(39)35-27(36)10-6-21-5-9-25(37-21)18-12-19(30)15-20(31)13-18/h3-15H,2H2,1H3,(H2,34,35,36,39)/b10-6+. The third-order valence-electron chi connectivity index (χ3n) is 5.73. The molecular formula is C29H20Cl3N3O3S. The molecule has 2 aromatic heterocycles. The number of nitrogens with zero attached hydrogens (tertiary/aromatic N) is 1. The van der Waals surface area contributed by atoms with E-state index in [2.05, 4.69) is 22.5 Å². The summed E-state index contributed by atoms with van der Waals surface area (Å²) in [6.45, 7) is 2.09. The highest BCUT2D eigenvalue weighted by atomic mass is 35.5. The zero-order chi connectivity index (χ0) is 27.5. The Morgan fingerprint density at radius 2 is 1.74 bits per heavy atom. The van der Waals surface area contributed by atoms with Gasteiger partial charge in [0, 0.05) is 27.2 Å². The highest BCUT2D eigenvalue weighted by molar-refractivity contribution is 7.80. The Morgan fingerprint density at radius 1 is 0.949 bits per heavy atom. The molecule has 5 rings (SSSR count). The van der Waals surface area contributed by atoms with Gasteiger partial charge >= 0.3 is 0 Å². The summed E-state index contributed by atoms with van der Waals surface area (Å²) in [4.78, 5) is 17.0. The molecule has 6 nitrogen and oxygen atoms in total. The Hall–Kier alpha value is -3.62. The van der Waals surface area contributed by atoms with Crippen molar-refractivity contribution in [3.63, 3.8) is 0 Å². The number of thiocarbonyl (C=S) groups is 1. The third kappa shape index (κ3) is 6.52. The summed E-state index contributed by atoms with van der Waals surface area (Å²) in [7, 11) is 0. The predicted octanol–water partition coefficient (Wildman–Crippen LogP) is 8.80. The van der Waals surface area contributed by atoms with Crippen LogP contribution in [0.3, 0.4) is 0 Å². The van der Waals surface area contributed by atoms with Crippen LogP contribution < -0.4 is 10.6 Å². The van der Waals surface area contributed by atoms with Crippen molar-refractivity contribution in [3.8, 4) is 22.8 Å². The van der Waals surface area contributed by atoms with Gasteiger partial charge in [-0.25, -0.2) is 4.98 Å². The third-order valence-corrected chi connectivity index (χ3v) is 6.70. The van der Waals surface area contributed by atoms with E-state index in [0.717, 1.165) is 17.5 Å². The number of amides is 1. The number of aromatic nitrogens is 1. The minimum absolute atomic E-state index is 0.0718. The topological polar surface area (TPSA) is 80.3 Å². The molecule has 0 fully saturated rings. The quantitative estimate of drug-likeness (QED) is 0.151. The van der Waals surface area contributed by atoms with Crippen LogP contribution in [0.1, 0.15) is 18.2 Å². The van der Waals surface area contributed by atoms with Crippen LogP contribution in [0.25, 0.3) is 40.0 Å². The van der Waals surface area contributed by atoms with Crippen LogP contribution in [-0.4, -0.2) is 16.0 Å². The molecule has 0 saturated carbocycles. The van der Waals surface area contributed by atoms with E-state index in [0.29, 0.717) is 49.3 Å². The molecule has 0 radical (unpaired) electrons. The van der Waals surface area contributed by atoms with Crippen molar-refractivity contribution in [3.05, 3.63) is 99.2 Å². The molecule has 0 aliphatic rings. The molecule has 10 heteroatoms. The Labute approximate surface area is 244 Å². The number of hydrogen-bond acceptors (Lipinski definition) is 5. The van der Waals surface area contributed by atoms with Gasteiger partial charge in [0.2, 0.25) is 11.8 Å². The molecule has 196 valence electrons. The lowest BCUT2D eigenvalue weighted by atomic mass is 10.1. The summed E-state index contributed by atoms with van der Waals surface area (Å²) in [5, 5.41) is 7.03. The van der Waals surface area contributed by atoms with E-state index in [1.54, 1.807) is 48.5 Å². The lowest BCUT2D eigenvalue weighted by molar-refractivity contribution is -0.115. The average Bonchev–Trinajstić information content (AvgIpc) is 3.55. The van der Waals surface area contributed by atoms with Crippen molar-refractivity contribution < 1.29 is 13.6 Å². The second kappa shape index (κ2) is 11.6. The normalized spacial score (nSPS) is 11.3. The molecule has 0 spiro atoms. The number of carbonyl (C=O) groups excluding carboxylic acids is 1. The van der Waals surface area contributed by atoms with E-state index in [4.69, 9.17) is 55.9 Å². The number of fused-ring (bicyclic) bond motifs is 1. The number of furan rings is 1. The molecule has 0 bridgehead atoms. The van der Waals surface area contributed by atoms with Gasteiger partial charge in [-0.3, -0.25) is 10.1 Å². The zero-order valence-electron chi connectivity index (χ0n) is 20.4. The number of benzene rings is 3. The summed E-state index contributed by atoms with van der Waals surface area (Å²) in [5.74, 6) is 1.04. The van der Waals surface area contributed by atoms with Gasteiger partial charge in [-0.15, -0.1) is 0 Å². The molecule has 2 N–H and O–H groups in total. The smallest absolute Gasteiger partial charge is 0.250 e. The van der Waals surface area contributed by atoms with Crippen LogP contribution in [0.5, 0.6) is 0 Å². The van der Waals surface area contributed by atoms with Crippen molar-refractivity contribution in [2.24, 2.45) is 0 Å². The van der Waals surface area contributed by atoms with Crippen molar-refractivity contribution in [2.45, 2.75) is 13.3 Å². The first kappa shape index (κ1) is 27.0. The van der Waals surface area contributed by atoms with Crippen LogP contribution in [0.2, 0.25) is 15.1 Å². The predicted molar refractivity (Wildman–Crippen MR) is 161 cm³/mol. The molecule has 0 unspecified atom stereocenters. The van der Waals surface area contributed by atoms with Crippen LogP contribution >= 0.6 is 47.0 Å². The Morgan fingerprint density at radius 3 is 2.51 bits per heavy atom. The molecular weight excluding hydrogens is 577 g/mol. The van der Waals surface area contributed by atoms with E-state index in [9.17, 15) is 4.79 Å². The number of oxazole rings is 1. The molecule has 1 amide bonds. The fourth-order valence-corrected chi connectivity index (χ4v) is 4.73. The van der Waals surface area contributed by atoms with Crippen LogP contribution in [-0.2, 0) is 11.2 Å². The van der Waals surface area contributed by atoms with E-state index >= 15 is 0 Å². The maximum Gasteiger partial charge on any atom is 0.250 e. The second-order valence-corrected chi connectivity index (χ2v) is 10.2. The highest BCUT2D eigenvalue weighted by Crippen LogP contribution is 2.31. The maximum atomic E-state index is 12.4. The molecule has 0 aliphatic heterocycles. The van der Waals surface area contributed by atoms with Crippen molar-refractivity contribution in [1.29, 1.82) is 0 Å². The highest BCUT2D eigenvalue weighted by Gasteiger charge is 2.13. The molecule has 39 heavy (non-hydrogen) atoms. The Bertz CT molecular complexity index is 1720. The summed E-state index contributed by atoms with van der Waals surface area (Å²) in [6, 6.07) is 19.8. The SMILES string of the molecule is CCc1ccc2oc(-c3ccc(Cl)c(NC(=S)NC(=O)/C=C/c4ccc(-c5cc(Cl)cc(Cl)c5)o4)c3)nc2c1.